The summed E-state index contributed by atoms with van der Waals surface area (Å²) in [4.78, 5) is 35.5. The average Bonchev–Trinajstić information content (AvgIpc) is 0.873. The summed E-state index contributed by atoms with van der Waals surface area (Å²) in [6, 6.07) is 15.3. The molecular weight excluding hydrogens is 1460 g/mol. The van der Waals surface area contributed by atoms with Gasteiger partial charge in [-0.3, -0.25) is 4.79 Å². The Labute approximate surface area is 681 Å². The molecule has 2 fully saturated rings. The highest BCUT2D eigenvalue weighted by Gasteiger charge is 2.53. The lowest BCUT2D eigenvalue weighted by atomic mass is 9.81. The van der Waals surface area contributed by atoms with Crippen LogP contribution in [0.1, 0.15) is 241 Å². The number of benzene rings is 2. The van der Waals surface area contributed by atoms with Crippen molar-refractivity contribution in [2.45, 2.75) is 380 Å². The van der Waals surface area contributed by atoms with Crippen LogP contribution in [-0.2, 0) is 68.9 Å². The van der Waals surface area contributed by atoms with Crippen LogP contribution in [0.2, 0.25) is 69.5 Å². The van der Waals surface area contributed by atoms with Gasteiger partial charge in [-0.25, -0.2) is 4.79 Å². The van der Waals surface area contributed by atoms with Gasteiger partial charge in [-0.2, -0.15) is 0 Å². The Morgan fingerprint density at radius 3 is 1.68 bits per heavy atom. The monoisotopic (exact) mass is 1620 g/mol. The van der Waals surface area contributed by atoms with Crippen molar-refractivity contribution < 1.29 is 69.9 Å². The minimum Gasteiger partial charge on any atom is -0.497 e. The Morgan fingerprint density at radius 1 is 0.613 bits per heavy atom. The van der Waals surface area contributed by atoms with Crippen molar-refractivity contribution in [3.63, 3.8) is 0 Å². The first-order chi connectivity index (χ1) is 52.2. The number of carbonyl (C=O) groups is 2. The first kappa shape index (κ1) is 98.1. The molecule has 2 aromatic rings. The lowest BCUT2D eigenvalue weighted by Crippen LogP contribution is -2.59. The Morgan fingerprint density at radius 2 is 1.16 bits per heavy atom. The summed E-state index contributed by atoms with van der Waals surface area (Å²) in [7, 11) is 0.155. The molecule has 16 atom stereocenters. The van der Waals surface area contributed by atoms with Crippen LogP contribution < -0.4 is 14.2 Å². The number of methoxy groups -OCH3 is 6. The van der Waals surface area contributed by atoms with Gasteiger partial charge in [0.05, 0.1) is 83.4 Å². The number of carbonyl (C=O) groups excluding carboxylic acids is 2. The molecule has 0 spiro atoms. The van der Waals surface area contributed by atoms with Crippen LogP contribution in [0.4, 0.5) is 0 Å². The Kier molecular flexibility index (Phi) is 39.7. The summed E-state index contributed by atoms with van der Waals surface area (Å²) >= 11 is 0. The highest BCUT2D eigenvalue weighted by molar-refractivity contribution is 6.78. The van der Waals surface area contributed by atoms with E-state index in [1.165, 1.54) is 5.57 Å². The van der Waals surface area contributed by atoms with Gasteiger partial charge >= 0.3 is 5.97 Å². The number of nitrogens with zero attached hydrogens (tertiary/aromatic N) is 1. The number of fused-ring (bicyclic) bond motifs is 1. The van der Waals surface area contributed by atoms with Crippen LogP contribution in [-0.4, -0.2) is 166 Å². The smallest absolute Gasteiger partial charge is 0.329 e. The van der Waals surface area contributed by atoms with E-state index in [4.69, 9.17) is 60.3 Å². The minimum atomic E-state index is -2.78. The van der Waals surface area contributed by atoms with Crippen molar-refractivity contribution in [3.8, 4) is 17.2 Å². The molecule has 0 aromatic heterocycles. The molecule has 2 heterocycles. The van der Waals surface area contributed by atoms with Gasteiger partial charge in [0.1, 0.15) is 29.4 Å². The van der Waals surface area contributed by atoms with Gasteiger partial charge in [0.2, 0.25) is 16.6 Å². The number of ether oxygens (including phenoxy) is 9. The molecule has 16 nitrogen and oxygen atoms in total. The largest absolute Gasteiger partial charge is 0.497 e. The van der Waals surface area contributed by atoms with E-state index in [1.54, 1.807) is 33.3 Å². The number of amides is 1. The molecule has 20 heteroatoms. The topological polar surface area (TPSA) is 157 Å². The van der Waals surface area contributed by atoms with Crippen LogP contribution in [0.15, 0.2) is 78.4 Å². The summed E-state index contributed by atoms with van der Waals surface area (Å²) in [6.07, 6.45) is 8.91. The van der Waals surface area contributed by atoms with Crippen molar-refractivity contribution in [1.82, 2.24) is 4.90 Å². The standard InChI is InChI=1S/C91H161NO15Si4/c1-33-39-73-51-66(17)50-67(18)52-83(99-29)87(106-108(31,32)91(22,23)24)84(100-30)54-69(20)86(107-109(34-2,35-3)36-4)88(102-59-74-44-47-76(96-26)56-80(74)97-27)89(93)92-49-38-37-40-77(92)90(94)103-85(68(19)53-72-43-48-78(82(55-72)98-28)104-110(60(5)6,61(7)8)62(9)10)70(21)79(105-111(63(11)12,64(13)14)65(15)16)57-81(73)101-58-71-41-45-75(95-25)46-42-71/h33,41-42,44-47,51,53,56,60-65,67,69-70,72-73,77-79,81-88H,1,34-40,43,48-50,52,54-55,57-59H2,2-32H3/b66-51+,68-53+/t67-,69+,70+,72-,73+,77-,78+,79-,81-,82+,83-,84-,85+,86?,87+,88?/m0/s1. The molecule has 1 saturated heterocycles. The van der Waals surface area contributed by atoms with Crippen LogP contribution in [0.5, 0.6) is 17.2 Å². The molecular formula is C91H161NO15Si4. The highest BCUT2D eigenvalue weighted by atomic mass is 28.4. The molecule has 1 amide bonds. The Hall–Kier alpha value is -3.49. The summed E-state index contributed by atoms with van der Waals surface area (Å²) in [5, 5.41) is -0.155. The third-order valence-electron chi connectivity index (χ3n) is 26.8. The lowest BCUT2D eigenvalue weighted by Gasteiger charge is -2.48. The normalized spacial score (nSPS) is 28.2. The molecule has 636 valence electrons. The van der Waals surface area contributed by atoms with E-state index in [1.807, 2.05) is 50.6 Å². The maximum Gasteiger partial charge on any atom is 0.329 e. The molecule has 5 rings (SSSR count). The Balaban J connectivity index is 1.94. The van der Waals surface area contributed by atoms with Crippen LogP contribution >= 0.6 is 0 Å². The van der Waals surface area contributed by atoms with Crippen molar-refractivity contribution in [2.24, 2.45) is 29.6 Å². The summed E-state index contributed by atoms with van der Waals surface area (Å²) in [5.41, 5.74) is 5.88. The second-order valence-electron chi connectivity index (χ2n) is 37.0. The summed E-state index contributed by atoms with van der Waals surface area (Å²) < 4.78 is 91.6. The maximum absolute atomic E-state index is 17.0. The zero-order valence-electron chi connectivity index (χ0n) is 75.8. The van der Waals surface area contributed by atoms with Crippen LogP contribution in [0.25, 0.3) is 0 Å². The number of esters is 1. The Bertz CT molecular complexity index is 3110. The molecule has 2 unspecified atom stereocenters. The molecule has 0 N–H and O–H groups in total. The SMILES string of the molecule is C=CC[C@@H]1/C=C(\C)C[C@H](C)C[C@H](OC)[C@@H](O[Si](C)(C)C(C)(C)C)[C@@H](OC)C[C@@H](C)C(O[Si](CC)(CC)CC)C(OCc2ccc(OC)cc2OC)C(=O)N2CCCC[C@H]2C(=O)O[C@H](/C(C)=C/[C@@H]2CC[C@@H](O[Si](C(C)C)(C(C)C)C(C)C)[C@H](OC)C2)[C@H](C)[C@@H](O[Si](C(C)C)(C(C)C)C(C)C)C[C@@H]1OCc1ccc(OC)cc1. The van der Waals surface area contributed by atoms with Gasteiger partial charge in [-0.05, 0) is 207 Å². The van der Waals surface area contributed by atoms with E-state index >= 15 is 9.59 Å². The van der Waals surface area contributed by atoms with Crippen molar-refractivity contribution in [2.75, 3.05) is 49.2 Å². The first-order valence-electron chi connectivity index (χ1n) is 43.1. The molecule has 3 aliphatic rings. The number of hydrogen-bond donors (Lipinski definition) is 0. The minimum absolute atomic E-state index is 0.00563. The van der Waals surface area contributed by atoms with E-state index < -0.39 is 93.9 Å². The quantitative estimate of drug-likeness (QED) is 0.0377. The summed E-state index contributed by atoms with van der Waals surface area (Å²) in [5.74, 6) is 0.504. The van der Waals surface area contributed by atoms with Crippen molar-refractivity contribution in [3.05, 3.63) is 89.5 Å². The zero-order chi connectivity index (χ0) is 83.3. The second kappa shape index (κ2) is 44.9. The fraction of sp³-hybridized carbons (Fsp3) is 0.780. The zero-order valence-corrected chi connectivity index (χ0v) is 79.8. The average molecular weight is 1620 g/mol. The number of hydrogen-bond acceptors (Lipinski definition) is 15. The predicted molar refractivity (Wildman–Crippen MR) is 466 cm³/mol. The van der Waals surface area contributed by atoms with E-state index in [2.05, 4.69) is 203 Å². The van der Waals surface area contributed by atoms with Crippen LogP contribution in [0, 0.1) is 29.6 Å². The van der Waals surface area contributed by atoms with Crippen molar-refractivity contribution in [1.29, 1.82) is 0 Å². The van der Waals surface area contributed by atoms with Gasteiger partial charge in [0, 0.05) is 51.3 Å². The molecule has 1 saturated carbocycles. The van der Waals surface area contributed by atoms with E-state index in [9.17, 15) is 0 Å². The third kappa shape index (κ3) is 25.3. The van der Waals surface area contributed by atoms with Gasteiger partial charge in [-0.15, -0.1) is 6.58 Å². The number of allylic oxidation sites excluding steroid dienone is 3. The number of rotatable bonds is 33. The lowest BCUT2D eigenvalue weighted by molar-refractivity contribution is -0.172. The molecule has 2 aliphatic heterocycles. The third-order valence-corrected chi connectivity index (χ3v) is 48.2. The van der Waals surface area contributed by atoms with E-state index in [-0.39, 0.29) is 76.2 Å². The number of piperidine rings is 1. The molecule has 111 heavy (non-hydrogen) atoms. The van der Waals surface area contributed by atoms with Gasteiger partial charge < -0.3 is 65.2 Å². The summed E-state index contributed by atoms with van der Waals surface area (Å²) in [6.45, 7) is 62.6. The number of cyclic esters (lactones) is 1. The molecule has 0 bridgehead atoms. The molecule has 0 radical (unpaired) electrons. The van der Waals surface area contributed by atoms with Gasteiger partial charge in [0.25, 0.3) is 5.91 Å². The van der Waals surface area contributed by atoms with Crippen molar-refractivity contribution >= 4 is 45.1 Å². The van der Waals surface area contributed by atoms with Gasteiger partial charge in [-0.1, -0.05) is 181 Å². The predicted octanol–water partition coefficient (Wildman–Crippen LogP) is 22.8. The van der Waals surface area contributed by atoms with E-state index in [0.29, 0.717) is 86.2 Å². The fourth-order valence-corrected chi connectivity index (χ4v) is 34.9. The first-order valence-corrected chi connectivity index (χ1v) is 52.8. The highest BCUT2D eigenvalue weighted by Crippen LogP contribution is 2.49. The molecule has 2 aromatic carbocycles. The second-order valence-corrected chi connectivity index (χ2v) is 57.3. The van der Waals surface area contributed by atoms with E-state index in [0.717, 1.165) is 66.3 Å². The van der Waals surface area contributed by atoms with Crippen LogP contribution in [0.3, 0.4) is 0 Å². The molecule has 1 aliphatic carbocycles. The van der Waals surface area contributed by atoms with Gasteiger partial charge in [0.15, 0.2) is 22.7 Å². The maximum atomic E-state index is 17.0. The fourth-order valence-electron chi connectivity index (χ4n) is 19.3.